The summed E-state index contributed by atoms with van der Waals surface area (Å²) < 4.78 is 0. The summed E-state index contributed by atoms with van der Waals surface area (Å²) in [6.07, 6.45) is 10.3. The summed E-state index contributed by atoms with van der Waals surface area (Å²) in [7, 11) is 0. The predicted octanol–water partition coefficient (Wildman–Crippen LogP) is 3.35. The van der Waals surface area contributed by atoms with Crippen LogP contribution in [0.5, 0.6) is 0 Å². The van der Waals surface area contributed by atoms with Crippen molar-refractivity contribution >= 4 is 6.08 Å². The maximum absolute atomic E-state index is 9.50. The molecule has 2 rings (SSSR count). The van der Waals surface area contributed by atoms with Gasteiger partial charge >= 0.3 is 0 Å². The van der Waals surface area contributed by atoms with Gasteiger partial charge in [0.1, 0.15) is 0 Å². The first kappa shape index (κ1) is 12.3. The van der Waals surface area contributed by atoms with E-state index in [1.165, 1.54) is 37.7 Å². The van der Waals surface area contributed by atoms with Gasteiger partial charge in [-0.25, -0.2) is 0 Å². The normalized spacial score (nSPS) is 18.4. The molecule has 0 atom stereocenters. The molecule has 1 fully saturated rings. The van der Waals surface area contributed by atoms with E-state index in [0.717, 1.165) is 11.3 Å². The Morgan fingerprint density at radius 2 is 2.12 bits per heavy atom. The molecule has 0 bridgehead atoms. The molecule has 2 heteroatoms. The Hall–Kier alpha value is -1.15. The fraction of sp³-hybridized carbons (Fsp3) is 0.533. The summed E-state index contributed by atoms with van der Waals surface area (Å²) in [5.41, 5.74) is 3.29. The van der Waals surface area contributed by atoms with Gasteiger partial charge in [0.2, 0.25) is 0 Å². The van der Waals surface area contributed by atoms with Crippen LogP contribution in [-0.4, -0.2) is 16.7 Å². The van der Waals surface area contributed by atoms with Crippen LogP contribution in [0.2, 0.25) is 0 Å². The lowest BCUT2D eigenvalue weighted by Gasteiger charge is -2.23. The second-order valence-corrected chi connectivity index (χ2v) is 4.97. The van der Waals surface area contributed by atoms with Gasteiger partial charge in [0, 0.05) is 6.20 Å². The van der Waals surface area contributed by atoms with Crippen LogP contribution < -0.4 is 0 Å². The predicted molar refractivity (Wildman–Crippen MR) is 70.6 cm³/mol. The van der Waals surface area contributed by atoms with Crippen LogP contribution in [0.4, 0.5) is 0 Å². The average Bonchev–Trinajstić information content (AvgIpc) is 2.39. The molecule has 1 aliphatic carbocycles. The monoisotopic (exact) mass is 231 g/mol. The van der Waals surface area contributed by atoms with Gasteiger partial charge in [-0.15, -0.1) is 0 Å². The lowest BCUT2D eigenvalue weighted by Crippen LogP contribution is -2.11. The highest BCUT2D eigenvalue weighted by atomic mass is 16.3. The molecule has 0 radical (unpaired) electrons. The summed E-state index contributed by atoms with van der Waals surface area (Å²) in [5.74, 6) is 0.567. The van der Waals surface area contributed by atoms with E-state index in [4.69, 9.17) is 0 Å². The Morgan fingerprint density at radius 3 is 2.71 bits per heavy atom. The molecular weight excluding hydrogens is 210 g/mol. The van der Waals surface area contributed by atoms with Gasteiger partial charge in [0.05, 0.1) is 12.3 Å². The molecule has 92 valence electrons. The minimum Gasteiger partial charge on any atom is -0.392 e. The van der Waals surface area contributed by atoms with E-state index in [2.05, 4.69) is 17.1 Å². The molecule has 0 spiro atoms. The fourth-order valence-corrected chi connectivity index (χ4v) is 2.52. The third-order valence-electron chi connectivity index (χ3n) is 3.58. The van der Waals surface area contributed by atoms with E-state index in [-0.39, 0.29) is 6.61 Å². The second-order valence-electron chi connectivity index (χ2n) is 4.97. The smallest absolute Gasteiger partial charge is 0.0648 e. The van der Waals surface area contributed by atoms with Gasteiger partial charge in [-0.2, -0.15) is 0 Å². The first-order chi connectivity index (χ1) is 8.29. The Morgan fingerprint density at radius 1 is 1.35 bits per heavy atom. The molecule has 1 heterocycles. The number of aliphatic hydroxyl groups is 1. The van der Waals surface area contributed by atoms with E-state index in [1.54, 1.807) is 0 Å². The molecule has 0 aromatic carbocycles. The van der Waals surface area contributed by atoms with E-state index in [0.29, 0.717) is 5.92 Å². The van der Waals surface area contributed by atoms with Crippen LogP contribution >= 0.6 is 0 Å². The molecule has 0 unspecified atom stereocenters. The van der Waals surface area contributed by atoms with Crippen molar-refractivity contribution in [1.29, 1.82) is 0 Å². The molecule has 1 aliphatic rings. The number of rotatable bonds is 3. The first-order valence-electron chi connectivity index (χ1n) is 6.53. The zero-order valence-electron chi connectivity index (χ0n) is 10.5. The average molecular weight is 231 g/mol. The molecular formula is C15H21NO. The second kappa shape index (κ2) is 5.97. The van der Waals surface area contributed by atoms with Gasteiger partial charge in [0.25, 0.3) is 0 Å². The number of pyridine rings is 1. The van der Waals surface area contributed by atoms with Crippen molar-refractivity contribution in [2.75, 3.05) is 6.61 Å². The number of aliphatic hydroxyl groups excluding tert-OH is 1. The number of aryl methyl sites for hydroxylation is 1. The van der Waals surface area contributed by atoms with E-state index in [9.17, 15) is 5.11 Å². The van der Waals surface area contributed by atoms with Crippen molar-refractivity contribution in [2.24, 2.45) is 5.92 Å². The lowest BCUT2D eigenvalue weighted by molar-refractivity contribution is 0.295. The number of hydrogen-bond acceptors (Lipinski definition) is 2. The lowest BCUT2D eigenvalue weighted by atomic mass is 9.83. The van der Waals surface area contributed by atoms with Gasteiger partial charge in [-0.3, -0.25) is 4.98 Å². The molecule has 1 saturated carbocycles. The summed E-state index contributed by atoms with van der Waals surface area (Å²) in [5, 5.41) is 9.50. The van der Waals surface area contributed by atoms with Crippen molar-refractivity contribution in [3.05, 3.63) is 35.2 Å². The van der Waals surface area contributed by atoms with Crippen molar-refractivity contribution in [3.63, 3.8) is 0 Å². The topological polar surface area (TPSA) is 33.1 Å². The van der Waals surface area contributed by atoms with Crippen LogP contribution in [0.25, 0.3) is 6.08 Å². The quantitative estimate of drug-likeness (QED) is 0.865. The molecule has 0 amide bonds. The maximum Gasteiger partial charge on any atom is 0.0648 e. The summed E-state index contributed by atoms with van der Waals surface area (Å²) in [4.78, 5) is 4.37. The summed E-state index contributed by atoms with van der Waals surface area (Å²) >= 11 is 0. The highest BCUT2D eigenvalue weighted by Crippen LogP contribution is 2.30. The number of nitrogens with zero attached hydrogens (tertiary/aromatic N) is 1. The van der Waals surface area contributed by atoms with Gasteiger partial charge in [-0.05, 0) is 49.0 Å². The van der Waals surface area contributed by atoms with Crippen molar-refractivity contribution < 1.29 is 5.11 Å². The molecule has 17 heavy (non-hydrogen) atoms. The molecule has 1 N–H and O–H groups in total. The Labute approximate surface area is 103 Å². The Balaban J connectivity index is 2.13. The molecule has 0 aliphatic heterocycles. The van der Waals surface area contributed by atoms with Crippen molar-refractivity contribution in [1.82, 2.24) is 4.98 Å². The van der Waals surface area contributed by atoms with Gasteiger partial charge in [-0.1, -0.05) is 25.3 Å². The third kappa shape index (κ3) is 3.40. The summed E-state index contributed by atoms with van der Waals surface area (Å²) in [6, 6.07) is 4.09. The molecule has 1 aromatic heterocycles. The van der Waals surface area contributed by atoms with Crippen LogP contribution in [-0.2, 0) is 0 Å². The minimum atomic E-state index is 0.167. The maximum atomic E-state index is 9.50. The zero-order chi connectivity index (χ0) is 12.1. The Bertz CT molecular complexity index is 374. The summed E-state index contributed by atoms with van der Waals surface area (Å²) in [6.45, 7) is 2.20. The first-order valence-corrected chi connectivity index (χ1v) is 6.53. The van der Waals surface area contributed by atoms with Gasteiger partial charge < -0.3 is 5.11 Å². The SMILES string of the molecule is Cc1ccc(/C=C(/CO)C2CCCCC2)nc1. The number of hydrogen-bond donors (Lipinski definition) is 1. The van der Waals surface area contributed by atoms with Crippen LogP contribution in [0.15, 0.2) is 23.9 Å². The standard InChI is InChI=1S/C15H21NO/c1-12-7-8-15(16-10-12)9-14(11-17)13-5-3-2-4-6-13/h7-10,13,17H,2-6,11H2,1H3/b14-9-. The van der Waals surface area contributed by atoms with E-state index in [1.807, 2.05) is 19.2 Å². The Kier molecular flexibility index (Phi) is 4.32. The minimum absolute atomic E-state index is 0.167. The molecule has 1 aromatic rings. The van der Waals surface area contributed by atoms with Crippen LogP contribution in [0, 0.1) is 12.8 Å². The van der Waals surface area contributed by atoms with Crippen LogP contribution in [0.1, 0.15) is 43.4 Å². The van der Waals surface area contributed by atoms with E-state index < -0.39 is 0 Å². The fourth-order valence-electron chi connectivity index (χ4n) is 2.52. The third-order valence-corrected chi connectivity index (χ3v) is 3.58. The number of aromatic nitrogens is 1. The van der Waals surface area contributed by atoms with Crippen LogP contribution in [0.3, 0.4) is 0 Å². The van der Waals surface area contributed by atoms with Gasteiger partial charge in [0.15, 0.2) is 0 Å². The zero-order valence-corrected chi connectivity index (χ0v) is 10.5. The molecule has 0 saturated heterocycles. The van der Waals surface area contributed by atoms with Crippen molar-refractivity contribution in [2.45, 2.75) is 39.0 Å². The largest absolute Gasteiger partial charge is 0.392 e. The highest BCUT2D eigenvalue weighted by molar-refractivity contribution is 5.50. The highest BCUT2D eigenvalue weighted by Gasteiger charge is 2.17. The van der Waals surface area contributed by atoms with Crippen molar-refractivity contribution in [3.8, 4) is 0 Å². The van der Waals surface area contributed by atoms with E-state index >= 15 is 0 Å². The molecule has 2 nitrogen and oxygen atoms in total.